The Balaban J connectivity index is 2.12. The summed E-state index contributed by atoms with van der Waals surface area (Å²) in [5.41, 5.74) is 2.08. The average molecular weight is 383 g/mol. The Morgan fingerprint density at radius 1 is 0.893 bits per heavy atom. The summed E-state index contributed by atoms with van der Waals surface area (Å²) in [6, 6.07) is 9.78. The lowest BCUT2D eigenvalue weighted by molar-refractivity contribution is -0.131. The van der Waals surface area contributed by atoms with Crippen molar-refractivity contribution in [3.05, 3.63) is 59.7 Å². The van der Waals surface area contributed by atoms with E-state index in [-0.39, 0.29) is 11.8 Å². The molecule has 0 fully saturated rings. The lowest BCUT2D eigenvalue weighted by Gasteiger charge is -2.25. The summed E-state index contributed by atoms with van der Waals surface area (Å²) in [5.74, 6) is -0.119. The van der Waals surface area contributed by atoms with Crippen molar-refractivity contribution in [2.24, 2.45) is 0 Å². The highest BCUT2D eigenvalue weighted by molar-refractivity contribution is 5.92. The van der Waals surface area contributed by atoms with Crippen molar-refractivity contribution < 1.29 is 9.59 Å². The van der Waals surface area contributed by atoms with E-state index < -0.39 is 0 Å². The SMILES string of the molecule is CCCN(CCC)C(=O)CCN(Cc1ccccc1)C(=O)c1cnc(C)cn1. The third-order valence-electron chi connectivity index (χ3n) is 4.44. The average Bonchev–Trinajstić information content (AvgIpc) is 2.71. The third-order valence-corrected chi connectivity index (χ3v) is 4.44. The lowest BCUT2D eigenvalue weighted by Crippen LogP contribution is -2.38. The van der Waals surface area contributed by atoms with Gasteiger partial charge < -0.3 is 9.80 Å². The molecule has 2 rings (SSSR count). The normalized spacial score (nSPS) is 10.5. The molecule has 2 aromatic rings. The van der Waals surface area contributed by atoms with E-state index in [9.17, 15) is 9.59 Å². The van der Waals surface area contributed by atoms with E-state index in [0.29, 0.717) is 25.2 Å². The maximum absolute atomic E-state index is 13.0. The van der Waals surface area contributed by atoms with E-state index in [0.717, 1.165) is 37.2 Å². The minimum absolute atomic E-state index is 0.0875. The van der Waals surface area contributed by atoms with Gasteiger partial charge in [-0.25, -0.2) is 4.98 Å². The fourth-order valence-electron chi connectivity index (χ4n) is 3.01. The molecule has 0 radical (unpaired) electrons. The maximum atomic E-state index is 13.0. The highest BCUT2D eigenvalue weighted by atomic mass is 16.2. The Labute approximate surface area is 167 Å². The van der Waals surface area contributed by atoms with Gasteiger partial charge in [-0.15, -0.1) is 0 Å². The molecular weight excluding hydrogens is 352 g/mol. The van der Waals surface area contributed by atoms with E-state index in [1.165, 1.54) is 6.20 Å². The molecule has 0 aliphatic carbocycles. The topological polar surface area (TPSA) is 66.4 Å². The van der Waals surface area contributed by atoms with Gasteiger partial charge in [0.2, 0.25) is 5.91 Å². The highest BCUT2D eigenvalue weighted by Crippen LogP contribution is 2.10. The molecule has 28 heavy (non-hydrogen) atoms. The van der Waals surface area contributed by atoms with Crippen LogP contribution in [0.3, 0.4) is 0 Å². The smallest absolute Gasteiger partial charge is 0.274 e. The van der Waals surface area contributed by atoms with E-state index >= 15 is 0 Å². The summed E-state index contributed by atoms with van der Waals surface area (Å²) in [6.07, 6.45) is 5.24. The fourth-order valence-corrected chi connectivity index (χ4v) is 3.01. The van der Waals surface area contributed by atoms with Crippen LogP contribution >= 0.6 is 0 Å². The number of hydrogen-bond donors (Lipinski definition) is 0. The standard InChI is InChI=1S/C22H30N4O2/c1-4-12-25(13-5-2)21(27)11-14-26(17-19-9-7-6-8-10-19)22(28)20-16-23-18(3)15-24-20/h6-10,15-16H,4-5,11-14,17H2,1-3H3. The van der Waals surface area contributed by atoms with Gasteiger partial charge in [-0.2, -0.15) is 0 Å². The summed E-state index contributed by atoms with van der Waals surface area (Å²) in [7, 11) is 0. The van der Waals surface area contributed by atoms with Gasteiger partial charge >= 0.3 is 0 Å². The second-order valence-electron chi connectivity index (χ2n) is 6.89. The molecule has 0 atom stereocenters. The summed E-state index contributed by atoms with van der Waals surface area (Å²) >= 11 is 0. The number of aryl methyl sites for hydroxylation is 1. The molecule has 1 aromatic heterocycles. The van der Waals surface area contributed by atoms with Crippen LogP contribution in [0.4, 0.5) is 0 Å². The van der Waals surface area contributed by atoms with Gasteiger partial charge in [0.25, 0.3) is 5.91 Å². The zero-order chi connectivity index (χ0) is 20.4. The molecule has 6 nitrogen and oxygen atoms in total. The lowest BCUT2D eigenvalue weighted by atomic mass is 10.2. The predicted octanol–water partition coefficient (Wildman–Crippen LogP) is 3.47. The molecule has 0 aliphatic rings. The first-order chi connectivity index (χ1) is 13.5. The van der Waals surface area contributed by atoms with Gasteiger partial charge in [-0.1, -0.05) is 44.2 Å². The Morgan fingerprint density at radius 3 is 2.14 bits per heavy atom. The van der Waals surface area contributed by atoms with Gasteiger partial charge in [0, 0.05) is 38.8 Å². The van der Waals surface area contributed by atoms with Gasteiger partial charge in [0.1, 0.15) is 5.69 Å². The second kappa shape index (κ2) is 11.2. The zero-order valence-corrected chi connectivity index (χ0v) is 17.1. The first-order valence-electron chi connectivity index (χ1n) is 9.94. The summed E-state index contributed by atoms with van der Waals surface area (Å²) in [4.78, 5) is 37.6. The molecule has 0 aliphatic heterocycles. The van der Waals surface area contributed by atoms with Crippen molar-refractivity contribution in [3.63, 3.8) is 0 Å². The number of amides is 2. The molecular formula is C22H30N4O2. The first-order valence-corrected chi connectivity index (χ1v) is 9.94. The van der Waals surface area contributed by atoms with Crippen LogP contribution in [-0.4, -0.2) is 51.2 Å². The van der Waals surface area contributed by atoms with Crippen LogP contribution in [0.1, 0.15) is 54.9 Å². The molecule has 0 unspecified atom stereocenters. The molecule has 6 heteroatoms. The predicted molar refractivity (Wildman–Crippen MR) is 110 cm³/mol. The zero-order valence-electron chi connectivity index (χ0n) is 17.1. The number of hydrogen-bond acceptors (Lipinski definition) is 4. The third kappa shape index (κ3) is 6.44. The molecule has 150 valence electrons. The van der Waals surface area contributed by atoms with Crippen molar-refractivity contribution in [3.8, 4) is 0 Å². The van der Waals surface area contributed by atoms with Crippen molar-refractivity contribution >= 4 is 11.8 Å². The maximum Gasteiger partial charge on any atom is 0.274 e. The number of carbonyl (C=O) groups excluding carboxylic acids is 2. The molecule has 1 heterocycles. The van der Waals surface area contributed by atoms with Gasteiger partial charge in [0.15, 0.2) is 0 Å². The Hall–Kier alpha value is -2.76. The summed E-state index contributed by atoms with van der Waals surface area (Å²) < 4.78 is 0. The highest BCUT2D eigenvalue weighted by Gasteiger charge is 2.20. The molecule has 0 bridgehead atoms. The Morgan fingerprint density at radius 2 is 1.57 bits per heavy atom. The van der Waals surface area contributed by atoms with Crippen LogP contribution in [-0.2, 0) is 11.3 Å². The van der Waals surface area contributed by atoms with Crippen molar-refractivity contribution in [2.75, 3.05) is 19.6 Å². The molecule has 0 spiro atoms. The Kier molecular flexibility index (Phi) is 8.59. The van der Waals surface area contributed by atoms with Crippen LogP contribution in [0.15, 0.2) is 42.7 Å². The van der Waals surface area contributed by atoms with Crippen LogP contribution in [0.25, 0.3) is 0 Å². The van der Waals surface area contributed by atoms with Gasteiger partial charge in [-0.3, -0.25) is 14.6 Å². The number of aromatic nitrogens is 2. The summed E-state index contributed by atoms with van der Waals surface area (Å²) in [6.45, 7) is 8.26. The molecule has 0 saturated carbocycles. The molecule has 2 amide bonds. The number of nitrogens with zero attached hydrogens (tertiary/aromatic N) is 4. The van der Waals surface area contributed by atoms with Gasteiger partial charge in [-0.05, 0) is 25.3 Å². The Bertz CT molecular complexity index is 741. The van der Waals surface area contributed by atoms with Crippen LogP contribution < -0.4 is 0 Å². The number of benzene rings is 1. The van der Waals surface area contributed by atoms with Crippen LogP contribution in [0.2, 0.25) is 0 Å². The van der Waals surface area contributed by atoms with E-state index in [4.69, 9.17) is 0 Å². The molecule has 1 aromatic carbocycles. The fraction of sp³-hybridized carbons (Fsp3) is 0.455. The minimum atomic E-state index is -0.207. The monoisotopic (exact) mass is 382 g/mol. The number of carbonyl (C=O) groups is 2. The second-order valence-corrected chi connectivity index (χ2v) is 6.89. The van der Waals surface area contributed by atoms with E-state index in [1.54, 1.807) is 11.1 Å². The molecule has 0 saturated heterocycles. The largest absolute Gasteiger partial charge is 0.343 e. The van der Waals surface area contributed by atoms with Crippen molar-refractivity contribution in [1.29, 1.82) is 0 Å². The van der Waals surface area contributed by atoms with Crippen molar-refractivity contribution in [2.45, 2.75) is 46.6 Å². The quantitative estimate of drug-likeness (QED) is 0.631. The van der Waals surface area contributed by atoms with E-state index in [1.807, 2.05) is 42.2 Å². The first kappa shape index (κ1) is 21.5. The number of rotatable bonds is 10. The minimum Gasteiger partial charge on any atom is -0.343 e. The molecule has 0 N–H and O–H groups in total. The van der Waals surface area contributed by atoms with Gasteiger partial charge in [0.05, 0.1) is 11.9 Å². The van der Waals surface area contributed by atoms with Crippen LogP contribution in [0, 0.1) is 6.92 Å². The summed E-state index contributed by atoms with van der Waals surface area (Å²) in [5, 5.41) is 0. The van der Waals surface area contributed by atoms with Crippen LogP contribution in [0.5, 0.6) is 0 Å². The van der Waals surface area contributed by atoms with Crippen molar-refractivity contribution in [1.82, 2.24) is 19.8 Å². The van der Waals surface area contributed by atoms with E-state index in [2.05, 4.69) is 23.8 Å².